The highest BCUT2D eigenvalue weighted by atomic mass is 16.3. The van der Waals surface area contributed by atoms with Gasteiger partial charge in [-0.25, -0.2) is 0 Å². The zero-order valence-electron chi connectivity index (χ0n) is 9.29. The number of aliphatic hydroxyl groups excluding tert-OH is 1. The number of carbonyl (C=O) groups excluding carboxylic acids is 1. The number of carbonyl (C=O) groups is 1. The molecule has 0 aliphatic carbocycles. The fourth-order valence-corrected chi connectivity index (χ4v) is 1.03. The number of amides is 1. The van der Waals surface area contributed by atoms with Crippen molar-refractivity contribution in [2.24, 2.45) is 11.7 Å². The van der Waals surface area contributed by atoms with Gasteiger partial charge in [-0.15, -0.1) is 0 Å². The number of nitrogens with one attached hydrogen (secondary N) is 1. The molecule has 1 amide bonds. The summed E-state index contributed by atoms with van der Waals surface area (Å²) in [7, 11) is 0. The fraction of sp³-hybridized carbons (Fsp3) is 0.900. The van der Waals surface area contributed by atoms with Gasteiger partial charge in [0.1, 0.15) is 0 Å². The molecule has 0 aromatic carbocycles. The van der Waals surface area contributed by atoms with E-state index in [4.69, 9.17) is 10.8 Å². The van der Waals surface area contributed by atoms with E-state index < -0.39 is 6.04 Å². The quantitative estimate of drug-likeness (QED) is 0.540. The molecule has 0 fully saturated rings. The lowest BCUT2D eigenvalue weighted by atomic mass is 10.1. The molecular formula is C10H22N2O2. The third kappa shape index (κ3) is 5.94. The maximum absolute atomic E-state index is 11.3. The van der Waals surface area contributed by atoms with Gasteiger partial charge in [0.2, 0.25) is 5.91 Å². The third-order valence-corrected chi connectivity index (χ3v) is 2.12. The topological polar surface area (TPSA) is 75.3 Å². The van der Waals surface area contributed by atoms with E-state index in [2.05, 4.69) is 5.32 Å². The van der Waals surface area contributed by atoms with Crippen LogP contribution in [0.1, 0.15) is 33.6 Å². The van der Waals surface area contributed by atoms with Gasteiger partial charge in [-0.2, -0.15) is 0 Å². The second-order valence-electron chi connectivity index (χ2n) is 4.05. The molecule has 0 aromatic heterocycles. The molecule has 1 unspecified atom stereocenters. The zero-order chi connectivity index (χ0) is 11.1. The fourth-order valence-electron chi connectivity index (χ4n) is 1.03. The maximum Gasteiger partial charge on any atom is 0.237 e. The monoisotopic (exact) mass is 202 g/mol. The van der Waals surface area contributed by atoms with Gasteiger partial charge in [0.05, 0.1) is 12.1 Å². The van der Waals surface area contributed by atoms with E-state index in [0.717, 1.165) is 6.42 Å². The van der Waals surface area contributed by atoms with E-state index in [0.29, 0.717) is 13.0 Å². The summed E-state index contributed by atoms with van der Waals surface area (Å²) in [5.41, 5.74) is 5.64. The predicted octanol–water partition coefficient (Wildman–Crippen LogP) is 0.247. The van der Waals surface area contributed by atoms with Crippen LogP contribution < -0.4 is 11.1 Å². The Morgan fingerprint density at radius 1 is 1.43 bits per heavy atom. The van der Waals surface area contributed by atoms with Gasteiger partial charge in [0, 0.05) is 6.54 Å². The van der Waals surface area contributed by atoms with Crippen LogP contribution >= 0.6 is 0 Å². The molecule has 14 heavy (non-hydrogen) atoms. The first kappa shape index (κ1) is 13.4. The van der Waals surface area contributed by atoms with Crippen molar-refractivity contribution < 1.29 is 9.90 Å². The SMILES string of the molecule is CC(O)CCCNC(=O)[C@H](N)C(C)C. The molecule has 0 rings (SSSR count). The minimum absolute atomic E-state index is 0.106. The molecule has 84 valence electrons. The van der Waals surface area contributed by atoms with Gasteiger partial charge < -0.3 is 16.2 Å². The first-order valence-electron chi connectivity index (χ1n) is 5.16. The minimum atomic E-state index is -0.429. The lowest BCUT2D eigenvalue weighted by molar-refractivity contribution is -0.123. The highest BCUT2D eigenvalue weighted by Crippen LogP contribution is 1.98. The van der Waals surface area contributed by atoms with Crippen molar-refractivity contribution in [2.45, 2.75) is 45.8 Å². The molecule has 4 heteroatoms. The van der Waals surface area contributed by atoms with Crippen molar-refractivity contribution in [3.05, 3.63) is 0 Å². The van der Waals surface area contributed by atoms with E-state index in [9.17, 15) is 4.79 Å². The highest BCUT2D eigenvalue weighted by molar-refractivity contribution is 5.81. The van der Waals surface area contributed by atoms with E-state index in [-0.39, 0.29) is 17.9 Å². The number of hydrogen-bond donors (Lipinski definition) is 3. The Balaban J connectivity index is 3.54. The molecule has 0 spiro atoms. The predicted molar refractivity (Wildman–Crippen MR) is 56.7 cm³/mol. The molecule has 0 aliphatic heterocycles. The van der Waals surface area contributed by atoms with Crippen LogP contribution in [-0.2, 0) is 4.79 Å². The zero-order valence-corrected chi connectivity index (χ0v) is 9.29. The van der Waals surface area contributed by atoms with E-state index in [1.165, 1.54) is 0 Å². The molecule has 4 nitrogen and oxygen atoms in total. The number of rotatable bonds is 6. The largest absolute Gasteiger partial charge is 0.393 e. The average Bonchev–Trinajstić information content (AvgIpc) is 2.10. The summed E-state index contributed by atoms with van der Waals surface area (Å²) in [6.07, 6.45) is 1.19. The van der Waals surface area contributed by atoms with Crippen molar-refractivity contribution >= 4 is 5.91 Å². The minimum Gasteiger partial charge on any atom is -0.393 e. The lowest BCUT2D eigenvalue weighted by Crippen LogP contribution is -2.44. The Hall–Kier alpha value is -0.610. The Morgan fingerprint density at radius 2 is 2.00 bits per heavy atom. The van der Waals surface area contributed by atoms with Gasteiger partial charge in [-0.3, -0.25) is 4.79 Å². The summed E-state index contributed by atoms with van der Waals surface area (Å²) in [6.45, 7) is 6.16. The van der Waals surface area contributed by atoms with Crippen LogP contribution in [0.2, 0.25) is 0 Å². The standard InChI is InChI=1S/C10H22N2O2/c1-7(2)9(11)10(14)12-6-4-5-8(3)13/h7-9,13H,4-6,11H2,1-3H3,(H,12,14)/t8?,9-/m1/s1. The van der Waals surface area contributed by atoms with Crippen molar-refractivity contribution in [1.29, 1.82) is 0 Å². The Labute approximate surface area is 85.9 Å². The van der Waals surface area contributed by atoms with Crippen LogP contribution in [0.3, 0.4) is 0 Å². The summed E-state index contributed by atoms with van der Waals surface area (Å²) < 4.78 is 0. The van der Waals surface area contributed by atoms with E-state index >= 15 is 0 Å². The second kappa shape index (κ2) is 6.79. The molecule has 0 aliphatic rings. The van der Waals surface area contributed by atoms with Gasteiger partial charge in [-0.1, -0.05) is 13.8 Å². The number of nitrogens with two attached hydrogens (primary N) is 1. The van der Waals surface area contributed by atoms with Crippen molar-refractivity contribution in [3.8, 4) is 0 Å². The maximum atomic E-state index is 11.3. The first-order chi connectivity index (χ1) is 6.45. The second-order valence-corrected chi connectivity index (χ2v) is 4.05. The van der Waals surface area contributed by atoms with Crippen LogP contribution in [0.15, 0.2) is 0 Å². The average molecular weight is 202 g/mol. The number of hydrogen-bond acceptors (Lipinski definition) is 3. The van der Waals surface area contributed by atoms with Gasteiger partial charge >= 0.3 is 0 Å². The van der Waals surface area contributed by atoms with Crippen LogP contribution in [-0.4, -0.2) is 29.7 Å². The highest BCUT2D eigenvalue weighted by Gasteiger charge is 2.15. The third-order valence-electron chi connectivity index (χ3n) is 2.12. The van der Waals surface area contributed by atoms with Crippen LogP contribution in [0.4, 0.5) is 0 Å². The van der Waals surface area contributed by atoms with Gasteiger partial charge in [-0.05, 0) is 25.7 Å². The van der Waals surface area contributed by atoms with Gasteiger partial charge in [0.15, 0.2) is 0 Å². The summed E-state index contributed by atoms with van der Waals surface area (Å²) in [5, 5.41) is 11.7. The first-order valence-corrected chi connectivity index (χ1v) is 5.16. The van der Waals surface area contributed by atoms with E-state index in [1.807, 2.05) is 13.8 Å². The molecule has 4 N–H and O–H groups in total. The van der Waals surface area contributed by atoms with Crippen LogP contribution in [0, 0.1) is 5.92 Å². The summed E-state index contributed by atoms with van der Waals surface area (Å²) in [5.74, 6) is 0.0531. The van der Waals surface area contributed by atoms with Crippen LogP contribution in [0.5, 0.6) is 0 Å². The molecular weight excluding hydrogens is 180 g/mol. The van der Waals surface area contributed by atoms with E-state index in [1.54, 1.807) is 6.92 Å². The molecule has 2 atom stereocenters. The van der Waals surface area contributed by atoms with Crippen molar-refractivity contribution in [3.63, 3.8) is 0 Å². The Bertz CT molecular complexity index is 170. The molecule has 0 bridgehead atoms. The van der Waals surface area contributed by atoms with Crippen molar-refractivity contribution in [2.75, 3.05) is 6.54 Å². The lowest BCUT2D eigenvalue weighted by Gasteiger charge is -2.15. The summed E-state index contributed by atoms with van der Waals surface area (Å²) >= 11 is 0. The summed E-state index contributed by atoms with van der Waals surface area (Å²) in [4.78, 5) is 11.3. The normalized spacial score (nSPS) is 15.3. The smallest absolute Gasteiger partial charge is 0.237 e. The number of aliphatic hydroxyl groups is 1. The molecule has 0 aromatic rings. The molecule has 0 radical (unpaired) electrons. The van der Waals surface area contributed by atoms with Crippen LogP contribution in [0.25, 0.3) is 0 Å². The van der Waals surface area contributed by atoms with Gasteiger partial charge in [0.25, 0.3) is 0 Å². The Kier molecular flexibility index (Phi) is 6.49. The molecule has 0 saturated carbocycles. The molecule has 0 heterocycles. The summed E-state index contributed by atoms with van der Waals surface area (Å²) in [6, 6.07) is -0.429. The Morgan fingerprint density at radius 3 is 2.43 bits per heavy atom. The molecule has 0 saturated heterocycles. The van der Waals surface area contributed by atoms with Crippen molar-refractivity contribution in [1.82, 2.24) is 5.32 Å².